The Balaban J connectivity index is 2.95. The molecule has 1 rings (SSSR count). The second kappa shape index (κ2) is 5.15. The molecule has 0 spiro atoms. The Morgan fingerprint density at radius 2 is 1.83 bits per heavy atom. The van der Waals surface area contributed by atoms with Crippen molar-refractivity contribution in [3.63, 3.8) is 0 Å². The van der Waals surface area contributed by atoms with Crippen molar-refractivity contribution in [2.75, 3.05) is 21.8 Å². The number of anilines is 2. The van der Waals surface area contributed by atoms with E-state index in [2.05, 4.69) is 4.72 Å². The Hall–Kier alpha value is -1.28. The molecule has 0 bridgehead atoms. The van der Waals surface area contributed by atoms with Gasteiger partial charge in [0.15, 0.2) is 14.9 Å². The minimum absolute atomic E-state index is 0.258. The number of hydrogen-bond donors (Lipinski definition) is 2. The second-order valence-electron chi connectivity index (χ2n) is 4.03. The van der Waals surface area contributed by atoms with Crippen LogP contribution in [0.4, 0.5) is 11.4 Å². The number of sulfonamides is 1. The van der Waals surface area contributed by atoms with Crippen molar-refractivity contribution >= 4 is 31.2 Å². The van der Waals surface area contributed by atoms with Gasteiger partial charge >= 0.3 is 0 Å². The van der Waals surface area contributed by atoms with E-state index in [9.17, 15) is 16.8 Å². The van der Waals surface area contributed by atoms with Crippen molar-refractivity contribution in [2.45, 2.75) is 13.3 Å². The first-order valence-electron chi connectivity index (χ1n) is 5.19. The maximum Gasteiger partial charge on any atom is 0.247 e. The Kier molecular flexibility index (Phi) is 4.23. The van der Waals surface area contributed by atoms with Gasteiger partial charge in [-0.3, -0.25) is 4.72 Å². The molecule has 1 aromatic carbocycles. The number of hydrogen-bond acceptors (Lipinski definition) is 5. The first-order valence-corrected chi connectivity index (χ1v) is 8.91. The molecular formula is C10H16N2O4S2. The van der Waals surface area contributed by atoms with Crippen LogP contribution in [-0.4, -0.2) is 28.2 Å². The molecule has 0 aliphatic carbocycles. The molecule has 1 aromatic rings. The van der Waals surface area contributed by atoms with E-state index in [1.54, 1.807) is 12.1 Å². The lowest BCUT2D eigenvalue weighted by Crippen LogP contribution is -2.22. The maximum absolute atomic E-state index is 11.6. The van der Waals surface area contributed by atoms with Crippen LogP contribution in [0.1, 0.15) is 12.5 Å². The van der Waals surface area contributed by atoms with Gasteiger partial charge in [-0.05, 0) is 24.1 Å². The molecule has 0 amide bonds. The Morgan fingerprint density at radius 1 is 1.22 bits per heavy atom. The van der Waals surface area contributed by atoms with Crippen molar-refractivity contribution in [1.82, 2.24) is 0 Å². The van der Waals surface area contributed by atoms with Gasteiger partial charge in [0.2, 0.25) is 10.0 Å². The van der Waals surface area contributed by atoms with Gasteiger partial charge in [-0.15, -0.1) is 0 Å². The molecular weight excluding hydrogens is 276 g/mol. The molecule has 8 heteroatoms. The smallest absolute Gasteiger partial charge is 0.247 e. The van der Waals surface area contributed by atoms with Crippen LogP contribution in [0.3, 0.4) is 0 Å². The summed E-state index contributed by atoms with van der Waals surface area (Å²) in [6.45, 7) is 1.93. The molecule has 0 heterocycles. The summed E-state index contributed by atoms with van der Waals surface area (Å²) in [5.74, 6) is 0. The van der Waals surface area contributed by atoms with Gasteiger partial charge in [0, 0.05) is 11.9 Å². The maximum atomic E-state index is 11.6. The molecule has 18 heavy (non-hydrogen) atoms. The van der Waals surface area contributed by atoms with E-state index < -0.39 is 24.9 Å². The van der Waals surface area contributed by atoms with E-state index in [4.69, 9.17) is 5.73 Å². The zero-order valence-electron chi connectivity index (χ0n) is 10.2. The van der Waals surface area contributed by atoms with E-state index in [-0.39, 0.29) is 5.69 Å². The molecule has 0 unspecified atom stereocenters. The summed E-state index contributed by atoms with van der Waals surface area (Å²) in [5.41, 5.74) is 7.36. The summed E-state index contributed by atoms with van der Waals surface area (Å²) in [5, 5.41) is -0.949. The number of benzene rings is 1. The standard InChI is InChI=1S/C10H16N2O4S2/c1-3-8-4-5-9(6-10(8)11)12-18(15,16)7-17(2,13)14/h4-6,12H,3,7,11H2,1-2H3. The third kappa shape index (κ3) is 4.53. The zero-order chi connectivity index (χ0) is 14.0. The Bertz CT molecular complexity index is 636. The van der Waals surface area contributed by atoms with E-state index in [1.807, 2.05) is 6.92 Å². The van der Waals surface area contributed by atoms with Crippen molar-refractivity contribution in [2.24, 2.45) is 0 Å². The van der Waals surface area contributed by atoms with Gasteiger partial charge in [-0.2, -0.15) is 0 Å². The van der Waals surface area contributed by atoms with Crippen molar-refractivity contribution in [1.29, 1.82) is 0 Å². The van der Waals surface area contributed by atoms with Crippen LogP contribution < -0.4 is 10.5 Å². The molecule has 3 N–H and O–H groups in total. The van der Waals surface area contributed by atoms with Crippen LogP contribution in [0.25, 0.3) is 0 Å². The monoisotopic (exact) mass is 292 g/mol. The summed E-state index contributed by atoms with van der Waals surface area (Å²) in [7, 11) is -7.53. The average Bonchev–Trinajstić information content (AvgIpc) is 2.12. The van der Waals surface area contributed by atoms with E-state index in [0.717, 1.165) is 18.2 Å². The highest BCUT2D eigenvalue weighted by Crippen LogP contribution is 2.19. The van der Waals surface area contributed by atoms with Crippen LogP contribution in [0.5, 0.6) is 0 Å². The predicted molar refractivity (Wildman–Crippen MR) is 72.5 cm³/mol. The van der Waals surface area contributed by atoms with Gasteiger partial charge < -0.3 is 5.73 Å². The second-order valence-corrected chi connectivity index (χ2v) is 8.26. The van der Waals surface area contributed by atoms with Gasteiger partial charge in [-0.1, -0.05) is 13.0 Å². The number of rotatable bonds is 5. The molecule has 102 valence electrons. The van der Waals surface area contributed by atoms with Gasteiger partial charge in [0.05, 0.1) is 5.69 Å². The SMILES string of the molecule is CCc1ccc(NS(=O)(=O)CS(C)(=O)=O)cc1N. The first kappa shape index (κ1) is 14.8. The fraction of sp³-hybridized carbons (Fsp3) is 0.400. The summed E-state index contributed by atoms with van der Waals surface area (Å²) in [6, 6.07) is 4.72. The minimum atomic E-state index is -3.92. The highest BCUT2D eigenvalue weighted by molar-refractivity contribution is 8.08. The molecule has 0 atom stereocenters. The summed E-state index contributed by atoms with van der Waals surface area (Å²) in [6.07, 6.45) is 1.60. The van der Waals surface area contributed by atoms with Gasteiger partial charge in [-0.25, -0.2) is 16.8 Å². The van der Waals surface area contributed by atoms with E-state index >= 15 is 0 Å². The highest BCUT2D eigenvalue weighted by Gasteiger charge is 2.18. The third-order valence-corrected chi connectivity index (χ3v) is 5.67. The fourth-order valence-corrected chi connectivity index (χ4v) is 4.45. The minimum Gasteiger partial charge on any atom is -0.398 e. The van der Waals surface area contributed by atoms with Gasteiger partial charge in [0.25, 0.3) is 0 Å². The number of nitrogens with two attached hydrogens (primary N) is 1. The fourth-order valence-electron chi connectivity index (χ4n) is 1.47. The molecule has 6 nitrogen and oxygen atoms in total. The van der Waals surface area contributed by atoms with Crippen LogP contribution in [0, 0.1) is 0 Å². The normalized spacial score (nSPS) is 12.3. The molecule has 0 aliphatic rings. The Labute approximate surface area is 107 Å². The number of aryl methyl sites for hydroxylation is 1. The molecule has 0 fully saturated rings. The number of nitrogen functional groups attached to an aromatic ring is 1. The largest absolute Gasteiger partial charge is 0.398 e. The summed E-state index contributed by atoms with van der Waals surface area (Å²) in [4.78, 5) is 0. The zero-order valence-corrected chi connectivity index (χ0v) is 11.8. The lowest BCUT2D eigenvalue weighted by Gasteiger charge is -2.09. The van der Waals surface area contributed by atoms with Crippen LogP contribution in [-0.2, 0) is 26.3 Å². The van der Waals surface area contributed by atoms with Crippen LogP contribution in [0.2, 0.25) is 0 Å². The van der Waals surface area contributed by atoms with E-state index in [1.165, 1.54) is 6.07 Å². The van der Waals surface area contributed by atoms with Crippen molar-refractivity contribution in [3.05, 3.63) is 23.8 Å². The molecule has 0 saturated heterocycles. The Morgan fingerprint density at radius 3 is 2.28 bits per heavy atom. The third-order valence-electron chi connectivity index (χ3n) is 2.17. The first-order chi connectivity index (χ1) is 8.13. The lowest BCUT2D eigenvalue weighted by molar-refractivity contribution is 0.595. The molecule has 0 aromatic heterocycles. The lowest BCUT2D eigenvalue weighted by atomic mass is 10.1. The molecule has 0 saturated carbocycles. The summed E-state index contributed by atoms with van der Waals surface area (Å²) >= 11 is 0. The topological polar surface area (TPSA) is 106 Å². The van der Waals surface area contributed by atoms with E-state index in [0.29, 0.717) is 5.69 Å². The van der Waals surface area contributed by atoms with Gasteiger partial charge in [0.1, 0.15) is 0 Å². The summed E-state index contributed by atoms with van der Waals surface area (Å²) < 4.78 is 47.2. The van der Waals surface area contributed by atoms with Crippen molar-refractivity contribution < 1.29 is 16.8 Å². The number of sulfone groups is 1. The van der Waals surface area contributed by atoms with Crippen LogP contribution in [0.15, 0.2) is 18.2 Å². The number of nitrogens with one attached hydrogen (secondary N) is 1. The highest BCUT2D eigenvalue weighted by atomic mass is 32.3. The quantitative estimate of drug-likeness (QED) is 0.772. The molecule has 0 aliphatic heterocycles. The molecule has 0 radical (unpaired) electrons. The average molecular weight is 292 g/mol. The predicted octanol–water partition coefficient (Wildman–Crippen LogP) is 0.575. The van der Waals surface area contributed by atoms with Crippen molar-refractivity contribution in [3.8, 4) is 0 Å². The van der Waals surface area contributed by atoms with Crippen LogP contribution >= 0.6 is 0 Å².